The van der Waals surface area contributed by atoms with E-state index in [1.807, 2.05) is 47.2 Å². The molecule has 1 N–H and O–H groups in total. The predicted octanol–water partition coefficient (Wildman–Crippen LogP) is 1.98. The maximum absolute atomic E-state index is 12.6. The van der Waals surface area contributed by atoms with Crippen LogP contribution in [-0.4, -0.2) is 48.1 Å². The molecule has 21 heavy (non-hydrogen) atoms. The first kappa shape index (κ1) is 15.5. The molecule has 5 nitrogen and oxygen atoms in total. The summed E-state index contributed by atoms with van der Waals surface area (Å²) in [5.41, 5.74) is 0.936. The Morgan fingerprint density at radius 2 is 2.10 bits per heavy atom. The summed E-state index contributed by atoms with van der Waals surface area (Å²) in [6.07, 6.45) is 2.52. The third kappa shape index (κ3) is 4.04. The average Bonchev–Trinajstić information content (AvgIpc) is 2.48. The van der Waals surface area contributed by atoms with Crippen LogP contribution in [-0.2, 0) is 9.59 Å². The van der Waals surface area contributed by atoms with Gasteiger partial charge in [-0.1, -0.05) is 18.2 Å². The Morgan fingerprint density at radius 1 is 1.38 bits per heavy atom. The SMILES string of the molecule is CN(CCCC(=O)O)C1CCCN(c2ccccc2)C1=O. The molecule has 1 heterocycles. The number of rotatable bonds is 6. The second-order valence-corrected chi connectivity index (χ2v) is 5.46. The van der Waals surface area contributed by atoms with Crippen molar-refractivity contribution >= 4 is 17.6 Å². The fraction of sp³-hybridized carbons (Fsp3) is 0.500. The zero-order chi connectivity index (χ0) is 15.2. The zero-order valence-corrected chi connectivity index (χ0v) is 12.4. The highest BCUT2D eigenvalue weighted by molar-refractivity contribution is 5.97. The molecule has 0 radical (unpaired) electrons. The number of benzene rings is 1. The Kier molecular flexibility index (Phi) is 5.33. The van der Waals surface area contributed by atoms with Gasteiger partial charge < -0.3 is 10.0 Å². The minimum Gasteiger partial charge on any atom is -0.481 e. The third-order valence-corrected chi connectivity index (χ3v) is 3.91. The molecule has 0 bridgehead atoms. The van der Waals surface area contributed by atoms with E-state index < -0.39 is 5.97 Å². The van der Waals surface area contributed by atoms with Crippen LogP contribution in [0.3, 0.4) is 0 Å². The number of amides is 1. The van der Waals surface area contributed by atoms with E-state index in [9.17, 15) is 9.59 Å². The fourth-order valence-corrected chi connectivity index (χ4v) is 2.77. The molecule has 1 aromatic rings. The second kappa shape index (κ2) is 7.22. The van der Waals surface area contributed by atoms with E-state index in [1.54, 1.807) is 0 Å². The molecular formula is C16H22N2O3. The van der Waals surface area contributed by atoms with Crippen molar-refractivity contribution in [2.45, 2.75) is 31.7 Å². The summed E-state index contributed by atoms with van der Waals surface area (Å²) >= 11 is 0. The number of carbonyl (C=O) groups is 2. The Bertz CT molecular complexity index is 490. The molecule has 0 spiro atoms. The van der Waals surface area contributed by atoms with E-state index >= 15 is 0 Å². The molecule has 114 valence electrons. The second-order valence-electron chi connectivity index (χ2n) is 5.46. The molecule has 0 aromatic heterocycles. The summed E-state index contributed by atoms with van der Waals surface area (Å²) in [4.78, 5) is 27.0. The van der Waals surface area contributed by atoms with E-state index in [2.05, 4.69) is 0 Å². The Labute approximate surface area is 125 Å². The summed E-state index contributed by atoms with van der Waals surface area (Å²) in [7, 11) is 1.90. The predicted molar refractivity (Wildman–Crippen MR) is 81.3 cm³/mol. The van der Waals surface area contributed by atoms with Crippen molar-refractivity contribution in [3.63, 3.8) is 0 Å². The molecule has 1 amide bonds. The van der Waals surface area contributed by atoms with Crippen LogP contribution < -0.4 is 4.90 Å². The van der Waals surface area contributed by atoms with Gasteiger partial charge in [0.15, 0.2) is 0 Å². The number of hydrogen-bond donors (Lipinski definition) is 1. The number of carboxylic acid groups (broad SMARTS) is 1. The lowest BCUT2D eigenvalue weighted by molar-refractivity contribution is -0.137. The number of likely N-dealkylation sites (N-methyl/N-ethyl adjacent to an activating group) is 1. The monoisotopic (exact) mass is 290 g/mol. The lowest BCUT2D eigenvalue weighted by atomic mass is 10.0. The molecular weight excluding hydrogens is 268 g/mol. The summed E-state index contributed by atoms with van der Waals surface area (Å²) in [6.45, 7) is 1.38. The largest absolute Gasteiger partial charge is 0.481 e. The number of anilines is 1. The number of carbonyl (C=O) groups excluding carboxylic acids is 1. The van der Waals surface area contributed by atoms with Crippen LogP contribution in [0.1, 0.15) is 25.7 Å². The number of nitrogens with zero attached hydrogens (tertiary/aromatic N) is 2. The van der Waals surface area contributed by atoms with Gasteiger partial charge in [0, 0.05) is 18.7 Å². The van der Waals surface area contributed by atoms with Crippen molar-refractivity contribution in [3.8, 4) is 0 Å². The molecule has 1 aliphatic heterocycles. The van der Waals surface area contributed by atoms with E-state index in [0.29, 0.717) is 13.0 Å². The lowest BCUT2D eigenvalue weighted by Crippen LogP contribution is -2.51. The molecule has 2 rings (SSSR count). The van der Waals surface area contributed by atoms with Gasteiger partial charge >= 0.3 is 5.97 Å². The van der Waals surface area contributed by atoms with Gasteiger partial charge in [0.2, 0.25) is 5.91 Å². The van der Waals surface area contributed by atoms with Gasteiger partial charge in [0.05, 0.1) is 6.04 Å². The molecule has 1 fully saturated rings. The normalized spacial score (nSPS) is 19.0. The number of aliphatic carboxylic acids is 1. The first-order chi connectivity index (χ1) is 10.1. The topological polar surface area (TPSA) is 60.9 Å². The van der Waals surface area contributed by atoms with Gasteiger partial charge in [-0.25, -0.2) is 0 Å². The highest BCUT2D eigenvalue weighted by atomic mass is 16.4. The molecule has 1 aromatic carbocycles. The van der Waals surface area contributed by atoms with E-state index in [-0.39, 0.29) is 18.4 Å². The summed E-state index contributed by atoms with van der Waals surface area (Å²) in [6, 6.07) is 9.56. The van der Waals surface area contributed by atoms with Gasteiger partial charge in [-0.2, -0.15) is 0 Å². The third-order valence-electron chi connectivity index (χ3n) is 3.91. The van der Waals surface area contributed by atoms with Crippen molar-refractivity contribution in [3.05, 3.63) is 30.3 Å². The van der Waals surface area contributed by atoms with Gasteiger partial charge in [0.1, 0.15) is 0 Å². The van der Waals surface area contributed by atoms with Crippen molar-refractivity contribution in [2.24, 2.45) is 0 Å². The summed E-state index contributed by atoms with van der Waals surface area (Å²) < 4.78 is 0. The smallest absolute Gasteiger partial charge is 0.303 e. The van der Waals surface area contributed by atoms with Crippen molar-refractivity contribution in [2.75, 3.05) is 25.0 Å². The highest BCUT2D eigenvalue weighted by Gasteiger charge is 2.32. The van der Waals surface area contributed by atoms with Crippen LogP contribution in [0, 0.1) is 0 Å². The maximum Gasteiger partial charge on any atom is 0.303 e. The zero-order valence-electron chi connectivity index (χ0n) is 12.4. The summed E-state index contributed by atoms with van der Waals surface area (Å²) in [5.74, 6) is -0.672. The lowest BCUT2D eigenvalue weighted by Gasteiger charge is -2.36. The maximum atomic E-state index is 12.6. The molecule has 0 saturated carbocycles. The van der Waals surface area contributed by atoms with Crippen molar-refractivity contribution < 1.29 is 14.7 Å². The molecule has 0 aliphatic carbocycles. The Balaban J connectivity index is 1.97. The van der Waals surface area contributed by atoms with Crippen LogP contribution >= 0.6 is 0 Å². The standard InChI is InChI=1S/C16H22N2O3/c1-17(11-6-10-15(19)20)14-9-5-12-18(16(14)21)13-7-3-2-4-8-13/h2-4,7-8,14H,5-6,9-12H2,1H3,(H,19,20). The Hall–Kier alpha value is -1.88. The van der Waals surface area contributed by atoms with E-state index in [0.717, 1.165) is 25.1 Å². The number of para-hydroxylation sites is 1. The first-order valence-corrected chi connectivity index (χ1v) is 7.38. The van der Waals surface area contributed by atoms with Crippen LogP contribution in [0.4, 0.5) is 5.69 Å². The van der Waals surface area contributed by atoms with Crippen molar-refractivity contribution in [1.29, 1.82) is 0 Å². The minimum atomic E-state index is -0.788. The molecule has 5 heteroatoms. The molecule has 1 aliphatic rings. The number of carboxylic acids is 1. The molecule has 1 saturated heterocycles. The van der Waals surface area contributed by atoms with Crippen LogP contribution in [0.25, 0.3) is 0 Å². The van der Waals surface area contributed by atoms with Crippen LogP contribution in [0.2, 0.25) is 0 Å². The van der Waals surface area contributed by atoms with Crippen LogP contribution in [0.5, 0.6) is 0 Å². The molecule has 1 atom stereocenters. The quantitative estimate of drug-likeness (QED) is 0.870. The van der Waals surface area contributed by atoms with Gasteiger partial charge in [0.25, 0.3) is 0 Å². The number of hydrogen-bond acceptors (Lipinski definition) is 3. The number of piperidine rings is 1. The Morgan fingerprint density at radius 3 is 2.76 bits per heavy atom. The van der Waals surface area contributed by atoms with Gasteiger partial charge in [-0.05, 0) is 45.0 Å². The average molecular weight is 290 g/mol. The summed E-state index contributed by atoms with van der Waals surface area (Å²) in [5, 5.41) is 8.69. The van der Waals surface area contributed by atoms with E-state index in [4.69, 9.17) is 5.11 Å². The first-order valence-electron chi connectivity index (χ1n) is 7.38. The molecule has 1 unspecified atom stereocenters. The van der Waals surface area contributed by atoms with Gasteiger partial charge in [-0.15, -0.1) is 0 Å². The van der Waals surface area contributed by atoms with E-state index in [1.165, 1.54) is 0 Å². The fourth-order valence-electron chi connectivity index (χ4n) is 2.77. The minimum absolute atomic E-state index is 0.116. The van der Waals surface area contributed by atoms with Crippen molar-refractivity contribution in [1.82, 2.24) is 4.90 Å². The van der Waals surface area contributed by atoms with Crippen LogP contribution in [0.15, 0.2) is 30.3 Å². The van der Waals surface area contributed by atoms with Gasteiger partial charge in [-0.3, -0.25) is 14.5 Å². The highest BCUT2D eigenvalue weighted by Crippen LogP contribution is 2.23.